The minimum Gasteiger partial charge on any atom is -0.464 e. The van der Waals surface area contributed by atoms with Gasteiger partial charge in [0.05, 0.1) is 6.54 Å². The van der Waals surface area contributed by atoms with Gasteiger partial charge in [-0.3, -0.25) is 0 Å². The van der Waals surface area contributed by atoms with Crippen LogP contribution in [0.5, 0.6) is 0 Å². The highest BCUT2D eigenvalue weighted by atomic mass is 16.5. The van der Waals surface area contributed by atoms with E-state index >= 15 is 0 Å². The zero-order valence-corrected chi connectivity index (χ0v) is 13.8. The van der Waals surface area contributed by atoms with E-state index in [-0.39, 0.29) is 12.1 Å². The van der Waals surface area contributed by atoms with Crippen LogP contribution in [-0.2, 0) is 11.3 Å². The summed E-state index contributed by atoms with van der Waals surface area (Å²) in [6.45, 7) is 4.33. The van der Waals surface area contributed by atoms with Crippen LogP contribution in [-0.4, -0.2) is 36.2 Å². The molecule has 3 aliphatic rings. The molecule has 1 aromatic rings. The fourth-order valence-corrected chi connectivity index (χ4v) is 3.42. The zero-order chi connectivity index (χ0) is 15.8. The van der Waals surface area contributed by atoms with Crippen molar-refractivity contribution < 1.29 is 13.9 Å². The van der Waals surface area contributed by atoms with E-state index in [2.05, 4.69) is 18.3 Å². The predicted octanol–water partition coefficient (Wildman–Crippen LogP) is 3.26. The largest absolute Gasteiger partial charge is 0.464 e. The van der Waals surface area contributed by atoms with E-state index in [0.29, 0.717) is 18.5 Å². The topological polar surface area (TPSA) is 54.7 Å². The molecule has 0 aromatic carbocycles. The summed E-state index contributed by atoms with van der Waals surface area (Å²) >= 11 is 0. The smallest absolute Gasteiger partial charge is 0.318 e. The first-order valence-corrected chi connectivity index (χ1v) is 8.94. The minimum absolute atomic E-state index is 0.0529. The Bertz CT molecular complexity index is 560. The molecule has 2 saturated carbocycles. The quantitative estimate of drug-likeness (QED) is 0.906. The van der Waals surface area contributed by atoms with Crippen molar-refractivity contribution in [3.8, 4) is 0 Å². The maximum Gasteiger partial charge on any atom is 0.318 e. The normalized spacial score (nSPS) is 27.7. The van der Waals surface area contributed by atoms with Gasteiger partial charge in [-0.25, -0.2) is 4.79 Å². The monoisotopic (exact) mass is 318 g/mol. The number of ether oxygens (including phenoxy) is 1. The summed E-state index contributed by atoms with van der Waals surface area (Å²) in [5.41, 5.74) is 0. The molecule has 1 saturated heterocycles. The summed E-state index contributed by atoms with van der Waals surface area (Å²) in [6, 6.07) is 4.81. The number of hydrogen-bond donors (Lipinski definition) is 1. The molecule has 2 atom stereocenters. The molecule has 5 heteroatoms. The van der Waals surface area contributed by atoms with Crippen molar-refractivity contribution in [2.75, 3.05) is 13.2 Å². The van der Waals surface area contributed by atoms with Crippen LogP contribution in [0, 0.1) is 5.92 Å². The average molecular weight is 318 g/mol. The summed E-state index contributed by atoms with van der Waals surface area (Å²) in [7, 11) is 0. The van der Waals surface area contributed by atoms with E-state index in [1.807, 2.05) is 11.0 Å². The lowest BCUT2D eigenvalue weighted by Gasteiger charge is -2.28. The van der Waals surface area contributed by atoms with Gasteiger partial charge in [0, 0.05) is 31.2 Å². The van der Waals surface area contributed by atoms with Crippen molar-refractivity contribution in [1.82, 2.24) is 10.2 Å². The number of carbonyl (C=O) groups excluding carboxylic acids is 1. The molecule has 23 heavy (non-hydrogen) atoms. The Morgan fingerprint density at radius 1 is 1.26 bits per heavy atom. The number of furan rings is 1. The number of amides is 2. The summed E-state index contributed by atoms with van der Waals surface area (Å²) in [5.74, 6) is 3.33. The van der Waals surface area contributed by atoms with Gasteiger partial charge in [-0.05, 0) is 50.2 Å². The maximum atomic E-state index is 12.6. The molecule has 0 spiro atoms. The Labute approximate surface area is 137 Å². The van der Waals surface area contributed by atoms with Gasteiger partial charge < -0.3 is 19.4 Å². The van der Waals surface area contributed by atoms with E-state index in [9.17, 15) is 4.79 Å². The van der Waals surface area contributed by atoms with Gasteiger partial charge in [0.25, 0.3) is 0 Å². The molecular weight excluding hydrogens is 292 g/mol. The summed E-state index contributed by atoms with van der Waals surface area (Å²) < 4.78 is 11.3. The molecule has 0 bridgehead atoms. The van der Waals surface area contributed by atoms with Crippen LogP contribution in [0.25, 0.3) is 0 Å². The van der Waals surface area contributed by atoms with Gasteiger partial charge in [0.15, 0.2) is 0 Å². The molecule has 126 valence electrons. The first kappa shape index (κ1) is 15.1. The molecule has 4 rings (SSSR count). The number of nitrogens with zero attached hydrogens (tertiary/aromatic N) is 1. The van der Waals surface area contributed by atoms with Gasteiger partial charge >= 0.3 is 6.03 Å². The Kier molecular flexibility index (Phi) is 4.05. The third-order valence-corrected chi connectivity index (χ3v) is 5.28. The van der Waals surface area contributed by atoms with Crippen LogP contribution in [0.2, 0.25) is 0 Å². The predicted molar refractivity (Wildman–Crippen MR) is 86.2 cm³/mol. The Morgan fingerprint density at radius 2 is 2.00 bits per heavy atom. The van der Waals surface area contributed by atoms with Crippen molar-refractivity contribution in [2.45, 2.75) is 63.6 Å². The molecule has 0 radical (unpaired) electrons. The first-order valence-electron chi connectivity index (χ1n) is 8.94. The number of rotatable bonds is 5. The van der Waals surface area contributed by atoms with Gasteiger partial charge in [-0.15, -0.1) is 0 Å². The van der Waals surface area contributed by atoms with Crippen LogP contribution in [0.3, 0.4) is 0 Å². The molecule has 1 aromatic heterocycles. The fourth-order valence-electron chi connectivity index (χ4n) is 3.42. The molecule has 2 aliphatic carbocycles. The standard InChI is InChI=1S/C18H26N2O3/c1-12-10-16(12)17-5-4-15(23-17)11-20(14-2-3-14)18(21)19-13-6-8-22-9-7-13/h4-5,12-14,16H,2-3,6-11H2,1H3,(H,19,21)/t12-,16+/m1/s1. The van der Waals surface area contributed by atoms with Crippen LogP contribution in [0.1, 0.15) is 56.5 Å². The second-order valence-electron chi connectivity index (χ2n) is 7.32. The first-order chi connectivity index (χ1) is 11.2. The Hall–Kier alpha value is -1.49. The molecule has 2 heterocycles. The zero-order valence-electron chi connectivity index (χ0n) is 13.8. The van der Waals surface area contributed by atoms with E-state index in [0.717, 1.165) is 56.3 Å². The molecule has 2 amide bonds. The van der Waals surface area contributed by atoms with Gasteiger partial charge in [-0.1, -0.05) is 6.92 Å². The molecule has 1 N–H and O–H groups in total. The minimum atomic E-state index is 0.0529. The van der Waals surface area contributed by atoms with E-state index in [1.54, 1.807) is 0 Å². The third-order valence-electron chi connectivity index (χ3n) is 5.28. The molecule has 5 nitrogen and oxygen atoms in total. The van der Waals surface area contributed by atoms with Crippen molar-refractivity contribution in [2.24, 2.45) is 5.92 Å². The fraction of sp³-hybridized carbons (Fsp3) is 0.722. The van der Waals surface area contributed by atoms with Crippen molar-refractivity contribution in [3.63, 3.8) is 0 Å². The SMILES string of the molecule is C[C@@H]1C[C@@H]1c1ccc(CN(C(=O)NC2CCOCC2)C2CC2)o1. The number of hydrogen-bond acceptors (Lipinski definition) is 3. The second kappa shape index (κ2) is 6.19. The number of carbonyl (C=O) groups is 1. The lowest BCUT2D eigenvalue weighted by Crippen LogP contribution is -2.47. The molecule has 3 fully saturated rings. The van der Waals surface area contributed by atoms with E-state index < -0.39 is 0 Å². The average Bonchev–Trinajstić information content (AvgIpc) is 3.47. The lowest BCUT2D eigenvalue weighted by atomic mass is 10.1. The summed E-state index contributed by atoms with van der Waals surface area (Å²) in [6.07, 6.45) is 5.26. The maximum absolute atomic E-state index is 12.6. The van der Waals surface area contributed by atoms with Gasteiger partial charge in [-0.2, -0.15) is 0 Å². The van der Waals surface area contributed by atoms with Crippen molar-refractivity contribution >= 4 is 6.03 Å². The molecule has 1 aliphatic heterocycles. The number of urea groups is 1. The molecule has 0 unspecified atom stereocenters. The highest BCUT2D eigenvalue weighted by Crippen LogP contribution is 2.47. The third kappa shape index (κ3) is 3.55. The summed E-state index contributed by atoms with van der Waals surface area (Å²) in [4.78, 5) is 14.6. The van der Waals surface area contributed by atoms with Gasteiger partial charge in [0.2, 0.25) is 0 Å². The highest BCUT2D eigenvalue weighted by molar-refractivity contribution is 5.75. The Balaban J connectivity index is 1.37. The van der Waals surface area contributed by atoms with Crippen LogP contribution in [0.15, 0.2) is 16.5 Å². The second-order valence-corrected chi connectivity index (χ2v) is 7.32. The van der Waals surface area contributed by atoms with Crippen LogP contribution >= 0.6 is 0 Å². The lowest BCUT2D eigenvalue weighted by molar-refractivity contribution is 0.0775. The number of nitrogens with one attached hydrogen (secondary N) is 1. The summed E-state index contributed by atoms with van der Waals surface area (Å²) in [5, 5.41) is 3.17. The van der Waals surface area contributed by atoms with Crippen LogP contribution in [0.4, 0.5) is 4.79 Å². The van der Waals surface area contributed by atoms with E-state index in [1.165, 1.54) is 6.42 Å². The van der Waals surface area contributed by atoms with E-state index in [4.69, 9.17) is 9.15 Å². The highest BCUT2D eigenvalue weighted by Gasteiger charge is 2.38. The van der Waals surface area contributed by atoms with Crippen molar-refractivity contribution in [1.29, 1.82) is 0 Å². The van der Waals surface area contributed by atoms with Crippen LogP contribution < -0.4 is 5.32 Å². The van der Waals surface area contributed by atoms with Gasteiger partial charge in [0.1, 0.15) is 11.5 Å². The van der Waals surface area contributed by atoms with Crippen molar-refractivity contribution in [3.05, 3.63) is 23.7 Å². The Morgan fingerprint density at radius 3 is 2.65 bits per heavy atom. The molecular formula is C18H26N2O3.